The molecule has 1 unspecified atom stereocenters. The third-order valence-electron chi connectivity index (χ3n) is 3.99. The molecule has 1 aliphatic rings. The molecule has 2 rings (SSSR count). The van der Waals surface area contributed by atoms with Crippen LogP contribution in [-0.4, -0.2) is 29.9 Å². The molecule has 0 radical (unpaired) electrons. The van der Waals surface area contributed by atoms with Crippen molar-refractivity contribution in [1.29, 1.82) is 0 Å². The second kappa shape index (κ2) is 5.93. The molecule has 1 aliphatic heterocycles. The van der Waals surface area contributed by atoms with Gasteiger partial charge < -0.3 is 10.6 Å². The largest absolute Gasteiger partial charge is 0.339 e. The zero-order chi connectivity index (χ0) is 14.0. The molecule has 0 saturated carbocycles. The lowest BCUT2D eigenvalue weighted by molar-refractivity contribution is 0.0680. The molecule has 1 saturated heterocycles. The lowest BCUT2D eigenvalue weighted by Crippen LogP contribution is -2.42. The lowest BCUT2D eigenvalue weighted by atomic mass is 9.90. The number of halogens is 1. The van der Waals surface area contributed by atoms with Gasteiger partial charge in [0.15, 0.2) is 0 Å². The number of rotatable bonds is 2. The highest BCUT2D eigenvalue weighted by Crippen LogP contribution is 2.23. The van der Waals surface area contributed by atoms with E-state index in [-0.39, 0.29) is 11.9 Å². The van der Waals surface area contributed by atoms with Gasteiger partial charge in [-0.05, 0) is 56.4 Å². The van der Waals surface area contributed by atoms with E-state index < -0.39 is 0 Å². The SMILES string of the molecule is Cc1cc(Cl)ccc1C(=O)N1CCC(C(C)N)CC1. The normalized spacial score (nSPS) is 18.4. The Morgan fingerprint density at radius 3 is 2.58 bits per heavy atom. The van der Waals surface area contributed by atoms with E-state index in [2.05, 4.69) is 0 Å². The molecule has 0 aliphatic carbocycles. The van der Waals surface area contributed by atoms with Crippen LogP contribution in [0.15, 0.2) is 18.2 Å². The van der Waals surface area contributed by atoms with Crippen molar-refractivity contribution in [2.75, 3.05) is 13.1 Å². The van der Waals surface area contributed by atoms with Gasteiger partial charge in [-0.3, -0.25) is 4.79 Å². The monoisotopic (exact) mass is 280 g/mol. The summed E-state index contributed by atoms with van der Waals surface area (Å²) in [6.07, 6.45) is 1.99. The number of nitrogens with two attached hydrogens (primary N) is 1. The van der Waals surface area contributed by atoms with Crippen molar-refractivity contribution in [2.24, 2.45) is 11.7 Å². The van der Waals surface area contributed by atoms with Crippen molar-refractivity contribution >= 4 is 17.5 Å². The molecule has 0 aromatic heterocycles. The predicted octanol–water partition coefficient (Wildman–Crippen LogP) is 2.85. The zero-order valence-corrected chi connectivity index (χ0v) is 12.3. The standard InChI is InChI=1S/C15H21ClN2O/c1-10-9-13(16)3-4-14(10)15(19)18-7-5-12(6-8-18)11(2)17/h3-4,9,11-12H,5-8,17H2,1-2H3. The molecule has 1 heterocycles. The van der Waals surface area contributed by atoms with Gasteiger partial charge in [0.1, 0.15) is 0 Å². The minimum absolute atomic E-state index is 0.109. The van der Waals surface area contributed by atoms with Crippen LogP contribution >= 0.6 is 11.6 Å². The minimum atomic E-state index is 0.109. The van der Waals surface area contributed by atoms with Crippen LogP contribution in [-0.2, 0) is 0 Å². The molecule has 19 heavy (non-hydrogen) atoms. The Hall–Kier alpha value is -1.06. The number of amides is 1. The van der Waals surface area contributed by atoms with Crippen molar-refractivity contribution in [3.05, 3.63) is 34.3 Å². The van der Waals surface area contributed by atoms with Gasteiger partial charge in [0, 0.05) is 29.7 Å². The summed E-state index contributed by atoms with van der Waals surface area (Å²) in [6.45, 7) is 5.57. The van der Waals surface area contributed by atoms with E-state index in [0.717, 1.165) is 37.1 Å². The average Bonchev–Trinajstić information content (AvgIpc) is 2.38. The summed E-state index contributed by atoms with van der Waals surface area (Å²) in [5.74, 6) is 0.646. The molecule has 0 bridgehead atoms. The first kappa shape index (κ1) is 14.4. The highest BCUT2D eigenvalue weighted by atomic mass is 35.5. The fourth-order valence-corrected chi connectivity index (χ4v) is 2.89. The van der Waals surface area contributed by atoms with E-state index in [9.17, 15) is 4.79 Å². The Labute approximate surface area is 119 Å². The molecule has 1 atom stereocenters. The number of carbonyl (C=O) groups excluding carboxylic acids is 1. The molecule has 1 aromatic carbocycles. The van der Waals surface area contributed by atoms with Gasteiger partial charge in [0.2, 0.25) is 0 Å². The van der Waals surface area contributed by atoms with Gasteiger partial charge in [0.05, 0.1) is 0 Å². The van der Waals surface area contributed by atoms with E-state index in [1.54, 1.807) is 6.07 Å². The number of aryl methyl sites for hydroxylation is 1. The fourth-order valence-electron chi connectivity index (χ4n) is 2.67. The second-order valence-electron chi connectivity index (χ2n) is 5.45. The van der Waals surface area contributed by atoms with Gasteiger partial charge in [-0.15, -0.1) is 0 Å². The summed E-state index contributed by atoms with van der Waals surface area (Å²) in [5.41, 5.74) is 7.61. The average molecular weight is 281 g/mol. The van der Waals surface area contributed by atoms with E-state index in [4.69, 9.17) is 17.3 Å². The number of likely N-dealkylation sites (tertiary alicyclic amines) is 1. The topological polar surface area (TPSA) is 46.3 Å². The van der Waals surface area contributed by atoms with Gasteiger partial charge in [-0.2, -0.15) is 0 Å². The Morgan fingerprint density at radius 2 is 2.05 bits per heavy atom. The highest BCUT2D eigenvalue weighted by Gasteiger charge is 2.26. The molecule has 104 valence electrons. The molecule has 3 nitrogen and oxygen atoms in total. The van der Waals surface area contributed by atoms with Gasteiger partial charge in [-0.25, -0.2) is 0 Å². The summed E-state index contributed by atoms with van der Waals surface area (Å²) in [4.78, 5) is 14.4. The van der Waals surface area contributed by atoms with Gasteiger partial charge >= 0.3 is 0 Å². The fraction of sp³-hybridized carbons (Fsp3) is 0.533. The summed E-state index contributed by atoms with van der Waals surface area (Å²) in [6, 6.07) is 5.65. The minimum Gasteiger partial charge on any atom is -0.339 e. The number of nitrogens with zero attached hydrogens (tertiary/aromatic N) is 1. The maximum absolute atomic E-state index is 12.5. The highest BCUT2D eigenvalue weighted by molar-refractivity contribution is 6.30. The predicted molar refractivity (Wildman–Crippen MR) is 78.5 cm³/mol. The molecule has 2 N–H and O–H groups in total. The Kier molecular flexibility index (Phi) is 4.48. The number of benzene rings is 1. The first-order valence-corrected chi connectivity index (χ1v) is 7.18. The summed E-state index contributed by atoms with van der Waals surface area (Å²) in [5, 5.41) is 0.671. The third kappa shape index (κ3) is 3.28. The van der Waals surface area contributed by atoms with Crippen molar-refractivity contribution in [3.8, 4) is 0 Å². The van der Waals surface area contributed by atoms with Gasteiger partial charge in [0.25, 0.3) is 5.91 Å². The van der Waals surface area contributed by atoms with Crippen LogP contribution in [0.25, 0.3) is 0 Å². The Balaban J connectivity index is 2.05. The first-order chi connectivity index (χ1) is 8.99. The summed E-state index contributed by atoms with van der Waals surface area (Å²) < 4.78 is 0. The zero-order valence-electron chi connectivity index (χ0n) is 11.5. The van der Waals surface area contributed by atoms with Gasteiger partial charge in [-0.1, -0.05) is 11.6 Å². The van der Waals surface area contributed by atoms with E-state index >= 15 is 0 Å². The van der Waals surface area contributed by atoms with E-state index in [1.807, 2.05) is 30.9 Å². The van der Waals surface area contributed by atoms with Crippen LogP contribution in [0.1, 0.15) is 35.7 Å². The van der Waals surface area contributed by atoms with Crippen molar-refractivity contribution < 1.29 is 4.79 Å². The van der Waals surface area contributed by atoms with E-state index in [1.165, 1.54) is 0 Å². The number of hydrogen-bond donors (Lipinski definition) is 1. The smallest absolute Gasteiger partial charge is 0.254 e. The van der Waals surface area contributed by atoms with Crippen molar-refractivity contribution in [2.45, 2.75) is 32.7 Å². The maximum atomic E-state index is 12.5. The first-order valence-electron chi connectivity index (χ1n) is 6.80. The third-order valence-corrected chi connectivity index (χ3v) is 4.22. The molecule has 1 aromatic rings. The lowest BCUT2D eigenvalue weighted by Gasteiger charge is -2.34. The quantitative estimate of drug-likeness (QED) is 0.905. The van der Waals surface area contributed by atoms with Crippen molar-refractivity contribution in [1.82, 2.24) is 4.90 Å². The Morgan fingerprint density at radius 1 is 1.42 bits per heavy atom. The second-order valence-corrected chi connectivity index (χ2v) is 5.88. The van der Waals surface area contributed by atoms with Crippen LogP contribution in [0.2, 0.25) is 5.02 Å². The maximum Gasteiger partial charge on any atom is 0.254 e. The molecule has 1 fully saturated rings. The van der Waals surface area contributed by atoms with Crippen LogP contribution in [0.5, 0.6) is 0 Å². The van der Waals surface area contributed by atoms with Crippen molar-refractivity contribution in [3.63, 3.8) is 0 Å². The molecular formula is C15H21ClN2O. The molecule has 4 heteroatoms. The number of carbonyl (C=O) groups is 1. The van der Waals surface area contributed by atoms with Crippen LogP contribution in [0, 0.1) is 12.8 Å². The summed E-state index contributed by atoms with van der Waals surface area (Å²) in [7, 11) is 0. The number of piperidine rings is 1. The van der Waals surface area contributed by atoms with Crippen LogP contribution in [0.4, 0.5) is 0 Å². The Bertz CT molecular complexity index is 465. The molecular weight excluding hydrogens is 260 g/mol. The van der Waals surface area contributed by atoms with Crippen LogP contribution < -0.4 is 5.73 Å². The summed E-state index contributed by atoms with van der Waals surface area (Å²) >= 11 is 5.92. The molecule has 0 spiro atoms. The van der Waals surface area contributed by atoms with Crippen LogP contribution in [0.3, 0.4) is 0 Å². The number of hydrogen-bond acceptors (Lipinski definition) is 2. The van der Waals surface area contributed by atoms with E-state index in [0.29, 0.717) is 10.9 Å². The molecule has 1 amide bonds.